The highest BCUT2D eigenvalue weighted by molar-refractivity contribution is 5.73. The predicted molar refractivity (Wildman–Crippen MR) is 81.0 cm³/mol. The van der Waals surface area contributed by atoms with Gasteiger partial charge < -0.3 is 10.2 Å². The normalized spacial score (nSPS) is 11.4. The second-order valence-corrected chi connectivity index (χ2v) is 5.33. The number of urea groups is 1. The molecule has 2 aromatic rings. The Morgan fingerprint density at radius 1 is 1.38 bits per heavy atom. The minimum absolute atomic E-state index is 0.0487. The SMILES string of the molecule is CN(Cc1cn(C)nc1C(F)(F)F)C(=O)NCCc1ccccn1. The maximum atomic E-state index is 12.9. The lowest BCUT2D eigenvalue weighted by Gasteiger charge is -2.18. The second-order valence-electron chi connectivity index (χ2n) is 5.33. The van der Waals surface area contributed by atoms with E-state index in [2.05, 4.69) is 15.4 Å². The Labute approximate surface area is 137 Å². The van der Waals surface area contributed by atoms with Gasteiger partial charge in [0.1, 0.15) is 0 Å². The summed E-state index contributed by atoms with van der Waals surface area (Å²) in [7, 11) is 2.84. The van der Waals surface area contributed by atoms with Crippen molar-refractivity contribution in [2.75, 3.05) is 13.6 Å². The Hall–Kier alpha value is -2.58. The Balaban J connectivity index is 1.90. The van der Waals surface area contributed by atoms with Gasteiger partial charge >= 0.3 is 12.2 Å². The smallest absolute Gasteiger partial charge is 0.338 e. The molecule has 1 N–H and O–H groups in total. The van der Waals surface area contributed by atoms with Crippen molar-refractivity contribution in [2.24, 2.45) is 7.05 Å². The number of aryl methyl sites for hydroxylation is 1. The van der Waals surface area contributed by atoms with Gasteiger partial charge in [-0.1, -0.05) is 6.07 Å². The van der Waals surface area contributed by atoms with Gasteiger partial charge in [0.05, 0.1) is 6.54 Å². The van der Waals surface area contributed by atoms with Gasteiger partial charge in [0, 0.05) is 50.7 Å². The predicted octanol–water partition coefficient (Wildman–Crippen LogP) is 2.22. The number of alkyl halides is 3. The average molecular weight is 341 g/mol. The highest BCUT2D eigenvalue weighted by Gasteiger charge is 2.37. The van der Waals surface area contributed by atoms with Crippen LogP contribution >= 0.6 is 0 Å². The molecule has 0 radical (unpaired) electrons. The van der Waals surface area contributed by atoms with Crippen LogP contribution in [0.1, 0.15) is 17.0 Å². The highest BCUT2D eigenvalue weighted by Crippen LogP contribution is 2.30. The van der Waals surface area contributed by atoms with Crippen molar-refractivity contribution in [3.05, 3.63) is 47.5 Å². The molecule has 0 aliphatic rings. The number of aromatic nitrogens is 3. The first-order chi connectivity index (χ1) is 11.3. The summed E-state index contributed by atoms with van der Waals surface area (Å²) in [5.41, 5.74) is -0.197. The number of carbonyl (C=O) groups excluding carboxylic acids is 1. The molecule has 2 rings (SSSR count). The zero-order valence-corrected chi connectivity index (χ0v) is 13.3. The monoisotopic (exact) mass is 341 g/mol. The zero-order chi connectivity index (χ0) is 17.7. The summed E-state index contributed by atoms with van der Waals surface area (Å²) in [4.78, 5) is 17.3. The summed E-state index contributed by atoms with van der Waals surface area (Å²) in [6.07, 6.45) is -1.08. The van der Waals surface area contributed by atoms with Crippen LogP contribution in [-0.2, 0) is 26.2 Å². The van der Waals surface area contributed by atoms with E-state index in [-0.39, 0.29) is 12.1 Å². The maximum Gasteiger partial charge on any atom is 0.435 e. The number of nitrogens with one attached hydrogen (secondary N) is 1. The summed E-state index contributed by atoms with van der Waals surface area (Å²) < 4.78 is 39.8. The van der Waals surface area contributed by atoms with Gasteiger partial charge in [-0.25, -0.2) is 4.79 Å². The van der Waals surface area contributed by atoms with E-state index >= 15 is 0 Å². The van der Waals surface area contributed by atoms with Crippen molar-refractivity contribution < 1.29 is 18.0 Å². The molecule has 130 valence electrons. The fourth-order valence-electron chi connectivity index (χ4n) is 2.20. The quantitative estimate of drug-likeness (QED) is 0.907. The van der Waals surface area contributed by atoms with Gasteiger partial charge in [0.15, 0.2) is 5.69 Å². The lowest BCUT2D eigenvalue weighted by molar-refractivity contribution is -0.142. The van der Waals surface area contributed by atoms with Crippen molar-refractivity contribution in [3.63, 3.8) is 0 Å². The molecular weight excluding hydrogens is 323 g/mol. The number of carbonyl (C=O) groups is 1. The Kier molecular flexibility index (Phi) is 5.42. The molecule has 0 saturated carbocycles. The molecule has 0 aliphatic heterocycles. The molecular formula is C15H18F3N5O. The Morgan fingerprint density at radius 2 is 2.12 bits per heavy atom. The van der Waals surface area contributed by atoms with Crippen LogP contribution in [0.3, 0.4) is 0 Å². The third kappa shape index (κ3) is 4.71. The first-order valence-corrected chi connectivity index (χ1v) is 7.26. The number of hydrogen-bond acceptors (Lipinski definition) is 3. The van der Waals surface area contributed by atoms with Crippen LogP contribution in [0, 0.1) is 0 Å². The number of nitrogens with zero attached hydrogens (tertiary/aromatic N) is 4. The summed E-state index contributed by atoms with van der Waals surface area (Å²) in [6, 6.07) is 5.02. The summed E-state index contributed by atoms with van der Waals surface area (Å²) in [5, 5.41) is 6.08. The molecule has 2 amide bonds. The third-order valence-corrected chi connectivity index (χ3v) is 3.31. The molecule has 0 atom stereocenters. The van der Waals surface area contributed by atoms with Crippen LogP contribution in [0.5, 0.6) is 0 Å². The molecule has 0 saturated heterocycles. The molecule has 24 heavy (non-hydrogen) atoms. The van der Waals surface area contributed by atoms with E-state index in [1.807, 2.05) is 12.1 Å². The number of hydrogen-bond donors (Lipinski definition) is 1. The Bertz CT molecular complexity index is 684. The first kappa shape index (κ1) is 17.8. The largest absolute Gasteiger partial charge is 0.435 e. The molecule has 2 heterocycles. The van der Waals surface area contributed by atoms with Crippen molar-refractivity contribution in [3.8, 4) is 0 Å². The van der Waals surface area contributed by atoms with Crippen molar-refractivity contribution >= 4 is 6.03 Å². The lowest BCUT2D eigenvalue weighted by atomic mass is 10.2. The number of rotatable bonds is 5. The van der Waals surface area contributed by atoms with E-state index < -0.39 is 17.9 Å². The van der Waals surface area contributed by atoms with Crippen molar-refractivity contribution in [1.82, 2.24) is 25.0 Å². The summed E-state index contributed by atoms with van der Waals surface area (Å²) in [5.74, 6) is 0. The molecule has 0 unspecified atom stereocenters. The van der Waals surface area contributed by atoms with E-state index in [1.165, 1.54) is 25.2 Å². The number of pyridine rings is 1. The second kappa shape index (κ2) is 7.33. The van der Waals surface area contributed by atoms with E-state index in [9.17, 15) is 18.0 Å². The van der Waals surface area contributed by atoms with Crippen LogP contribution in [0.4, 0.5) is 18.0 Å². The fraction of sp³-hybridized carbons (Fsp3) is 0.400. The van der Waals surface area contributed by atoms with E-state index in [1.54, 1.807) is 12.3 Å². The minimum Gasteiger partial charge on any atom is -0.338 e. The molecule has 0 aromatic carbocycles. The van der Waals surface area contributed by atoms with Crippen LogP contribution in [-0.4, -0.2) is 39.3 Å². The molecule has 9 heteroatoms. The van der Waals surface area contributed by atoms with Crippen molar-refractivity contribution in [1.29, 1.82) is 0 Å². The topological polar surface area (TPSA) is 63.1 Å². The molecule has 6 nitrogen and oxygen atoms in total. The lowest BCUT2D eigenvalue weighted by Crippen LogP contribution is -2.38. The number of amides is 2. The Morgan fingerprint density at radius 3 is 2.75 bits per heavy atom. The van der Waals surface area contributed by atoms with Gasteiger partial charge in [0.2, 0.25) is 0 Å². The van der Waals surface area contributed by atoms with Gasteiger partial charge in [-0.15, -0.1) is 0 Å². The molecule has 0 fully saturated rings. The van der Waals surface area contributed by atoms with Gasteiger partial charge in [-0.3, -0.25) is 9.67 Å². The third-order valence-electron chi connectivity index (χ3n) is 3.31. The molecule has 0 bridgehead atoms. The van der Waals surface area contributed by atoms with E-state index in [4.69, 9.17) is 0 Å². The molecule has 2 aromatic heterocycles. The average Bonchev–Trinajstić information content (AvgIpc) is 2.89. The first-order valence-electron chi connectivity index (χ1n) is 7.26. The molecule has 0 aliphatic carbocycles. The van der Waals surface area contributed by atoms with Gasteiger partial charge in [-0.2, -0.15) is 18.3 Å². The highest BCUT2D eigenvalue weighted by atomic mass is 19.4. The van der Waals surface area contributed by atoms with Crippen LogP contribution < -0.4 is 5.32 Å². The number of halogens is 3. The van der Waals surface area contributed by atoms with Crippen LogP contribution in [0.25, 0.3) is 0 Å². The van der Waals surface area contributed by atoms with Crippen molar-refractivity contribution in [2.45, 2.75) is 19.1 Å². The summed E-state index contributed by atoms with van der Waals surface area (Å²) in [6.45, 7) is 0.164. The fourth-order valence-corrected chi connectivity index (χ4v) is 2.20. The van der Waals surface area contributed by atoms with Crippen LogP contribution in [0.15, 0.2) is 30.6 Å². The zero-order valence-electron chi connectivity index (χ0n) is 13.3. The van der Waals surface area contributed by atoms with E-state index in [0.29, 0.717) is 13.0 Å². The van der Waals surface area contributed by atoms with E-state index in [0.717, 1.165) is 10.4 Å². The minimum atomic E-state index is -4.55. The molecule has 0 spiro atoms. The van der Waals surface area contributed by atoms with Crippen LogP contribution in [0.2, 0.25) is 0 Å². The van der Waals surface area contributed by atoms with Gasteiger partial charge in [-0.05, 0) is 12.1 Å². The van der Waals surface area contributed by atoms with Gasteiger partial charge in [0.25, 0.3) is 0 Å². The maximum absolute atomic E-state index is 12.9. The standard InChI is InChI=1S/C15H18F3N5O/c1-22(9-11-10-23(2)21-13(11)15(16,17)18)14(24)20-8-6-12-5-3-4-7-19-12/h3-5,7,10H,6,8-9H2,1-2H3,(H,20,24). The summed E-state index contributed by atoms with van der Waals surface area (Å²) >= 11 is 0.